The monoisotopic (exact) mass is 408 g/mol. The molecule has 0 atom stereocenters. The zero-order chi connectivity index (χ0) is 21.4. The van der Waals surface area contributed by atoms with E-state index in [1.807, 2.05) is 19.1 Å². The molecule has 0 aliphatic rings. The van der Waals surface area contributed by atoms with Crippen LogP contribution in [0, 0.1) is 6.92 Å². The largest absolute Gasteiger partial charge is 0.456 e. The van der Waals surface area contributed by atoms with Gasteiger partial charge in [-0.05, 0) is 36.8 Å². The summed E-state index contributed by atoms with van der Waals surface area (Å²) in [5.74, 6) is -1.95. The first-order chi connectivity index (χ1) is 13.6. The number of nitrogens with one attached hydrogen (secondary N) is 2. The van der Waals surface area contributed by atoms with Crippen molar-refractivity contribution in [3.63, 3.8) is 0 Å². The van der Waals surface area contributed by atoms with E-state index in [1.165, 1.54) is 12.1 Å². The number of amides is 2. The molecule has 2 aromatic rings. The number of carbonyl (C=O) groups excluding carboxylic acids is 3. The lowest BCUT2D eigenvalue weighted by Crippen LogP contribution is -2.22. The number of aryl methyl sites for hydroxylation is 1. The molecular formula is C20H19F3N2O4. The number of rotatable bonds is 7. The third-order valence-corrected chi connectivity index (χ3v) is 3.81. The predicted octanol–water partition coefficient (Wildman–Crippen LogP) is 3.91. The van der Waals surface area contributed by atoms with Gasteiger partial charge in [0.25, 0.3) is 5.91 Å². The van der Waals surface area contributed by atoms with Crippen LogP contribution in [0.25, 0.3) is 0 Å². The first-order valence-electron chi connectivity index (χ1n) is 8.63. The van der Waals surface area contributed by atoms with Gasteiger partial charge in [-0.3, -0.25) is 14.4 Å². The van der Waals surface area contributed by atoms with Gasteiger partial charge < -0.3 is 15.4 Å². The maximum Gasteiger partial charge on any atom is 0.416 e. The first-order valence-corrected chi connectivity index (χ1v) is 8.63. The number of esters is 1. The smallest absolute Gasteiger partial charge is 0.416 e. The summed E-state index contributed by atoms with van der Waals surface area (Å²) >= 11 is 0. The zero-order valence-corrected chi connectivity index (χ0v) is 15.5. The van der Waals surface area contributed by atoms with Gasteiger partial charge in [0.05, 0.1) is 12.0 Å². The summed E-state index contributed by atoms with van der Waals surface area (Å²) in [4.78, 5) is 35.3. The number of hydrogen-bond donors (Lipinski definition) is 2. The van der Waals surface area contributed by atoms with Crippen molar-refractivity contribution in [2.75, 3.05) is 17.2 Å². The molecule has 0 aromatic heterocycles. The van der Waals surface area contributed by atoms with E-state index >= 15 is 0 Å². The fourth-order valence-electron chi connectivity index (χ4n) is 2.33. The SMILES string of the molecule is Cc1ccccc1NC(=O)COC(=O)CCC(=O)Nc1cccc(C(F)(F)F)c1. The number of alkyl halides is 3. The molecule has 0 aliphatic heterocycles. The summed E-state index contributed by atoms with van der Waals surface area (Å²) < 4.78 is 42.8. The second-order valence-corrected chi connectivity index (χ2v) is 6.15. The normalized spacial score (nSPS) is 10.9. The average Bonchev–Trinajstić information content (AvgIpc) is 2.66. The molecule has 2 rings (SSSR count). The minimum absolute atomic E-state index is 0.0317. The van der Waals surface area contributed by atoms with Crippen LogP contribution in [0.1, 0.15) is 24.0 Å². The van der Waals surface area contributed by atoms with Gasteiger partial charge in [0.2, 0.25) is 5.91 Å². The average molecular weight is 408 g/mol. The van der Waals surface area contributed by atoms with Crippen molar-refractivity contribution < 1.29 is 32.3 Å². The maximum absolute atomic E-state index is 12.7. The van der Waals surface area contributed by atoms with Gasteiger partial charge >= 0.3 is 12.1 Å². The van der Waals surface area contributed by atoms with Crippen LogP contribution in [0.3, 0.4) is 0 Å². The highest BCUT2D eigenvalue weighted by molar-refractivity contribution is 5.94. The van der Waals surface area contributed by atoms with Gasteiger partial charge in [-0.1, -0.05) is 24.3 Å². The third-order valence-electron chi connectivity index (χ3n) is 3.81. The number of benzene rings is 2. The Morgan fingerprint density at radius 1 is 0.931 bits per heavy atom. The minimum Gasteiger partial charge on any atom is -0.456 e. The minimum atomic E-state index is -4.52. The number of ether oxygens (including phenoxy) is 1. The van der Waals surface area contributed by atoms with Crippen molar-refractivity contribution in [2.24, 2.45) is 0 Å². The van der Waals surface area contributed by atoms with E-state index in [9.17, 15) is 27.6 Å². The molecule has 0 spiro atoms. The van der Waals surface area contributed by atoms with E-state index in [4.69, 9.17) is 4.74 Å². The van der Waals surface area contributed by atoms with E-state index in [1.54, 1.807) is 12.1 Å². The Kier molecular flexibility index (Phi) is 7.35. The van der Waals surface area contributed by atoms with Crippen LogP contribution in [-0.2, 0) is 25.3 Å². The van der Waals surface area contributed by atoms with E-state index < -0.39 is 36.1 Å². The molecule has 0 radical (unpaired) electrons. The predicted molar refractivity (Wildman–Crippen MR) is 100 cm³/mol. The Labute approximate surface area is 165 Å². The van der Waals surface area contributed by atoms with E-state index in [-0.39, 0.29) is 18.5 Å². The molecule has 6 nitrogen and oxygen atoms in total. The van der Waals surface area contributed by atoms with Gasteiger partial charge in [0.15, 0.2) is 6.61 Å². The highest BCUT2D eigenvalue weighted by Crippen LogP contribution is 2.30. The lowest BCUT2D eigenvalue weighted by atomic mass is 10.2. The fourth-order valence-corrected chi connectivity index (χ4v) is 2.33. The van der Waals surface area contributed by atoms with Gasteiger partial charge in [-0.15, -0.1) is 0 Å². The number of anilines is 2. The van der Waals surface area contributed by atoms with Crippen molar-refractivity contribution in [1.29, 1.82) is 0 Å². The molecule has 0 heterocycles. The Balaban J connectivity index is 1.74. The molecule has 2 N–H and O–H groups in total. The van der Waals surface area contributed by atoms with Crippen LogP contribution in [0.4, 0.5) is 24.5 Å². The molecule has 2 aromatic carbocycles. The van der Waals surface area contributed by atoms with Crippen LogP contribution in [0.2, 0.25) is 0 Å². The van der Waals surface area contributed by atoms with Crippen molar-refractivity contribution in [2.45, 2.75) is 25.9 Å². The molecule has 0 unspecified atom stereocenters. The summed E-state index contributed by atoms with van der Waals surface area (Å²) in [7, 11) is 0. The van der Waals surface area contributed by atoms with Gasteiger partial charge in [-0.2, -0.15) is 13.2 Å². The maximum atomic E-state index is 12.7. The summed E-state index contributed by atoms with van der Waals surface area (Å²) in [5, 5.41) is 4.88. The highest BCUT2D eigenvalue weighted by Gasteiger charge is 2.30. The van der Waals surface area contributed by atoms with Crippen molar-refractivity contribution in [1.82, 2.24) is 0 Å². The number of para-hydroxylation sites is 1. The quantitative estimate of drug-likeness (QED) is 0.681. The van der Waals surface area contributed by atoms with E-state index in [0.29, 0.717) is 5.69 Å². The molecule has 0 bridgehead atoms. The molecule has 0 saturated carbocycles. The number of hydrogen-bond acceptors (Lipinski definition) is 4. The lowest BCUT2D eigenvalue weighted by Gasteiger charge is -2.10. The standard InChI is InChI=1S/C20H19F3N2O4/c1-13-5-2-3-8-16(13)25-18(27)12-29-19(28)10-9-17(26)24-15-7-4-6-14(11-15)20(21,22)23/h2-8,11H,9-10,12H2,1H3,(H,24,26)(H,25,27). The van der Waals surface area contributed by atoms with Crippen LogP contribution < -0.4 is 10.6 Å². The van der Waals surface area contributed by atoms with E-state index in [2.05, 4.69) is 10.6 Å². The van der Waals surface area contributed by atoms with Crippen molar-refractivity contribution in [3.05, 3.63) is 59.7 Å². The first kappa shape index (κ1) is 21.9. The number of halogens is 3. The van der Waals surface area contributed by atoms with E-state index in [0.717, 1.165) is 17.7 Å². The molecule has 2 amide bonds. The second kappa shape index (κ2) is 9.72. The topological polar surface area (TPSA) is 84.5 Å². The van der Waals surface area contributed by atoms with Crippen molar-refractivity contribution in [3.8, 4) is 0 Å². The summed E-state index contributed by atoms with van der Waals surface area (Å²) in [5.41, 5.74) is 0.512. The third kappa shape index (κ3) is 7.28. The van der Waals surface area contributed by atoms with Gasteiger partial charge in [0.1, 0.15) is 0 Å². The molecular weight excluding hydrogens is 389 g/mol. The molecule has 29 heavy (non-hydrogen) atoms. The Morgan fingerprint density at radius 3 is 2.34 bits per heavy atom. The van der Waals surface area contributed by atoms with Crippen LogP contribution in [0.15, 0.2) is 48.5 Å². The molecule has 0 aliphatic carbocycles. The highest BCUT2D eigenvalue weighted by atomic mass is 19.4. The van der Waals surface area contributed by atoms with Crippen LogP contribution >= 0.6 is 0 Å². The molecule has 154 valence electrons. The van der Waals surface area contributed by atoms with Gasteiger partial charge in [0, 0.05) is 17.8 Å². The molecule has 0 fully saturated rings. The van der Waals surface area contributed by atoms with Crippen molar-refractivity contribution >= 4 is 29.2 Å². The lowest BCUT2D eigenvalue weighted by molar-refractivity contribution is -0.147. The zero-order valence-electron chi connectivity index (χ0n) is 15.5. The Morgan fingerprint density at radius 2 is 1.66 bits per heavy atom. The van der Waals surface area contributed by atoms with Crippen LogP contribution in [0.5, 0.6) is 0 Å². The van der Waals surface area contributed by atoms with Gasteiger partial charge in [-0.25, -0.2) is 0 Å². The molecule has 9 heteroatoms. The summed E-state index contributed by atoms with van der Waals surface area (Å²) in [6, 6.07) is 11.2. The number of carbonyl (C=O) groups is 3. The summed E-state index contributed by atoms with van der Waals surface area (Å²) in [6.45, 7) is 1.30. The molecule has 0 saturated heterocycles. The second-order valence-electron chi connectivity index (χ2n) is 6.15. The Bertz CT molecular complexity index is 897. The Hall–Kier alpha value is -3.36. The summed E-state index contributed by atoms with van der Waals surface area (Å²) in [6.07, 6.45) is -5.14. The fraction of sp³-hybridized carbons (Fsp3) is 0.250. The van der Waals surface area contributed by atoms with Crippen LogP contribution in [-0.4, -0.2) is 24.4 Å².